The molecule has 8 nitrogen and oxygen atoms in total. The number of aryl methyl sites for hydroxylation is 3. The quantitative estimate of drug-likeness (QED) is 0.600. The van der Waals surface area contributed by atoms with Gasteiger partial charge in [0.25, 0.3) is 11.5 Å². The smallest absolute Gasteiger partial charge is 0.276 e. The van der Waals surface area contributed by atoms with Crippen LogP contribution in [-0.4, -0.2) is 56.1 Å². The standard InChI is InChI=1S/C21H27N5O3S/c1-11-14(12(2)23-22-11)10-15-16(20(28)25(3)8-5-9-27)17-19(30-15)18(13-6-7-13)24-26(4)21(17)29/h13,27H,5-10H2,1-4H3,(H,22,23). The van der Waals surface area contributed by atoms with Gasteiger partial charge in [0.15, 0.2) is 0 Å². The lowest BCUT2D eigenvalue weighted by molar-refractivity contribution is 0.0788. The van der Waals surface area contributed by atoms with E-state index in [0.29, 0.717) is 36.3 Å². The average Bonchev–Trinajstić information content (AvgIpc) is 3.43. The van der Waals surface area contributed by atoms with Crippen LogP contribution in [0.1, 0.15) is 63.1 Å². The van der Waals surface area contributed by atoms with E-state index in [4.69, 9.17) is 5.11 Å². The van der Waals surface area contributed by atoms with Gasteiger partial charge in [-0.05, 0) is 33.1 Å². The van der Waals surface area contributed by atoms with E-state index in [9.17, 15) is 9.59 Å². The van der Waals surface area contributed by atoms with Gasteiger partial charge in [-0.15, -0.1) is 11.3 Å². The Kier molecular flexibility index (Phi) is 5.50. The van der Waals surface area contributed by atoms with Crippen molar-refractivity contribution in [2.75, 3.05) is 20.2 Å². The number of H-pyrrole nitrogens is 1. The molecular weight excluding hydrogens is 402 g/mol. The number of hydrogen-bond donors (Lipinski definition) is 2. The third-order valence-corrected chi connectivity index (χ3v) is 6.99. The molecule has 4 rings (SSSR count). The molecular formula is C21H27N5O3S. The predicted molar refractivity (Wildman–Crippen MR) is 116 cm³/mol. The first-order valence-corrected chi connectivity index (χ1v) is 11.0. The van der Waals surface area contributed by atoms with E-state index in [2.05, 4.69) is 15.3 Å². The molecule has 2 N–H and O–H groups in total. The summed E-state index contributed by atoms with van der Waals surface area (Å²) in [6, 6.07) is 0. The summed E-state index contributed by atoms with van der Waals surface area (Å²) in [6.07, 6.45) is 3.16. The first kappa shape index (κ1) is 20.7. The van der Waals surface area contributed by atoms with Crippen molar-refractivity contribution in [3.8, 4) is 0 Å². The first-order chi connectivity index (χ1) is 14.3. The molecule has 3 aromatic rings. The van der Waals surface area contributed by atoms with Crippen molar-refractivity contribution in [2.24, 2.45) is 7.05 Å². The zero-order valence-electron chi connectivity index (χ0n) is 17.8. The number of nitrogens with one attached hydrogen (secondary N) is 1. The van der Waals surface area contributed by atoms with Gasteiger partial charge in [-0.3, -0.25) is 14.7 Å². The van der Waals surface area contributed by atoms with Gasteiger partial charge >= 0.3 is 0 Å². The molecule has 0 aromatic carbocycles. The second kappa shape index (κ2) is 7.96. The summed E-state index contributed by atoms with van der Waals surface area (Å²) in [5, 5.41) is 21.5. The molecule has 9 heteroatoms. The normalized spacial score (nSPS) is 13.9. The monoisotopic (exact) mass is 429 g/mol. The van der Waals surface area contributed by atoms with Crippen molar-refractivity contribution in [2.45, 2.75) is 45.4 Å². The number of fused-ring (bicyclic) bond motifs is 1. The molecule has 3 aromatic heterocycles. The highest BCUT2D eigenvalue weighted by Crippen LogP contribution is 2.44. The van der Waals surface area contributed by atoms with Crippen LogP contribution >= 0.6 is 11.3 Å². The highest BCUT2D eigenvalue weighted by molar-refractivity contribution is 7.19. The SMILES string of the molecule is Cc1n[nH]c(C)c1Cc1sc2c(C3CC3)nn(C)c(=O)c2c1C(=O)N(C)CCCO. The number of rotatable bonds is 7. The van der Waals surface area contributed by atoms with Crippen molar-refractivity contribution in [3.63, 3.8) is 0 Å². The molecule has 1 fully saturated rings. The van der Waals surface area contributed by atoms with Crippen molar-refractivity contribution >= 4 is 27.3 Å². The average molecular weight is 430 g/mol. The fraction of sp³-hybridized carbons (Fsp3) is 0.524. The minimum atomic E-state index is -0.239. The number of aliphatic hydroxyl groups excluding tert-OH is 1. The molecule has 0 aliphatic heterocycles. The molecule has 0 spiro atoms. The van der Waals surface area contributed by atoms with Crippen LogP contribution in [0.2, 0.25) is 0 Å². The van der Waals surface area contributed by atoms with Crippen molar-refractivity contribution in [1.29, 1.82) is 0 Å². The molecule has 0 unspecified atom stereocenters. The van der Waals surface area contributed by atoms with Crippen LogP contribution in [0.4, 0.5) is 0 Å². The summed E-state index contributed by atoms with van der Waals surface area (Å²) >= 11 is 1.51. The van der Waals surface area contributed by atoms with Gasteiger partial charge in [0.1, 0.15) is 0 Å². The Labute approximate surface area is 178 Å². The molecule has 1 amide bonds. The van der Waals surface area contributed by atoms with Crippen LogP contribution in [0, 0.1) is 13.8 Å². The van der Waals surface area contributed by atoms with Gasteiger partial charge in [-0.2, -0.15) is 10.2 Å². The number of aliphatic hydroxyl groups is 1. The summed E-state index contributed by atoms with van der Waals surface area (Å²) in [4.78, 5) is 29.0. The Balaban J connectivity index is 1.93. The summed E-state index contributed by atoms with van der Waals surface area (Å²) in [7, 11) is 3.37. The fourth-order valence-electron chi connectivity index (χ4n) is 3.85. The number of hydrogen-bond acceptors (Lipinski definition) is 6. The number of amides is 1. The van der Waals surface area contributed by atoms with Crippen LogP contribution in [0.3, 0.4) is 0 Å². The largest absolute Gasteiger partial charge is 0.396 e. The number of carbonyl (C=O) groups excluding carboxylic acids is 1. The zero-order valence-corrected chi connectivity index (χ0v) is 18.6. The Morgan fingerprint density at radius 1 is 1.37 bits per heavy atom. The lowest BCUT2D eigenvalue weighted by Crippen LogP contribution is -2.30. The molecule has 30 heavy (non-hydrogen) atoms. The van der Waals surface area contributed by atoms with Crippen LogP contribution in [0.5, 0.6) is 0 Å². The van der Waals surface area contributed by atoms with Gasteiger partial charge in [0.05, 0.1) is 27.0 Å². The van der Waals surface area contributed by atoms with E-state index in [0.717, 1.165) is 45.1 Å². The molecule has 1 aliphatic carbocycles. The molecule has 0 radical (unpaired) electrons. The Bertz CT molecular complexity index is 1150. The Hall–Kier alpha value is -2.52. The van der Waals surface area contributed by atoms with Gasteiger partial charge in [-0.25, -0.2) is 4.68 Å². The van der Waals surface area contributed by atoms with Crippen LogP contribution in [0.25, 0.3) is 10.1 Å². The maximum atomic E-state index is 13.5. The van der Waals surface area contributed by atoms with E-state index >= 15 is 0 Å². The Morgan fingerprint density at radius 3 is 2.70 bits per heavy atom. The van der Waals surface area contributed by atoms with E-state index in [-0.39, 0.29) is 18.1 Å². The number of aromatic amines is 1. The van der Waals surface area contributed by atoms with E-state index < -0.39 is 0 Å². The lowest BCUT2D eigenvalue weighted by Gasteiger charge is -2.17. The Morgan fingerprint density at radius 2 is 2.10 bits per heavy atom. The summed E-state index contributed by atoms with van der Waals surface area (Å²) in [5.74, 6) is 0.173. The van der Waals surface area contributed by atoms with Crippen molar-refractivity contribution < 1.29 is 9.90 Å². The minimum absolute atomic E-state index is 0.0137. The minimum Gasteiger partial charge on any atom is -0.396 e. The molecule has 160 valence electrons. The van der Waals surface area contributed by atoms with E-state index in [1.165, 1.54) is 16.0 Å². The zero-order chi connectivity index (χ0) is 21.6. The lowest BCUT2D eigenvalue weighted by atomic mass is 10.0. The van der Waals surface area contributed by atoms with Gasteiger partial charge in [0, 0.05) is 55.7 Å². The molecule has 1 saturated carbocycles. The number of thiophene rings is 1. The fourth-order valence-corrected chi connectivity index (χ4v) is 5.20. The predicted octanol–water partition coefficient (Wildman–Crippen LogP) is 2.26. The van der Waals surface area contributed by atoms with E-state index in [1.807, 2.05) is 13.8 Å². The van der Waals surface area contributed by atoms with Gasteiger partial charge in [0.2, 0.25) is 0 Å². The number of nitrogens with zero attached hydrogens (tertiary/aromatic N) is 4. The number of carbonyl (C=O) groups is 1. The van der Waals surface area contributed by atoms with Crippen LogP contribution < -0.4 is 5.56 Å². The molecule has 0 bridgehead atoms. The van der Waals surface area contributed by atoms with Crippen LogP contribution in [0.15, 0.2) is 4.79 Å². The maximum absolute atomic E-state index is 13.5. The summed E-state index contributed by atoms with van der Waals surface area (Å²) in [6.45, 7) is 4.35. The molecule has 0 saturated heterocycles. The highest BCUT2D eigenvalue weighted by Gasteiger charge is 2.33. The molecule has 0 atom stereocenters. The second-order valence-electron chi connectivity index (χ2n) is 8.09. The van der Waals surface area contributed by atoms with Gasteiger partial charge < -0.3 is 10.0 Å². The molecule has 1 aliphatic rings. The summed E-state index contributed by atoms with van der Waals surface area (Å²) in [5.41, 5.74) is 4.06. The van der Waals surface area contributed by atoms with E-state index in [1.54, 1.807) is 19.0 Å². The van der Waals surface area contributed by atoms with Gasteiger partial charge in [-0.1, -0.05) is 0 Å². The highest BCUT2D eigenvalue weighted by atomic mass is 32.1. The first-order valence-electron chi connectivity index (χ1n) is 10.2. The van der Waals surface area contributed by atoms with Crippen molar-refractivity contribution in [1.82, 2.24) is 24.9 Å². The van der Waals surface area contributed by atoms with Crippen molar-refractivity contribution in [3.05, 3.63) is 43.4 Å². The number of aromatic nitrogens is 4. The molecule has 3 heterocycles. The third-order valence-electron chi connectivity index (χ3n) is 5.77. The third kappa shape index (κ3) is 3.56. The van der Waals surface area contributed by atoms with Crippen LogP contribution in [-0.2, 0) is 13.5 Å². The maximum Gasteiger partial charge on any atom is 0.276 e. The second-order valence-corrected chi connectivity index (χ2v) is 9.19. The topological polar surface area (TPSA) is 104 Å². The summed E-state index contributed by atoms with van der Waals surface area (Å²) < 4.78 is 2.21.